The number of carbonyl (C=O) groups excluding carboxylic acids is 1. The van der Waals surface area contributed by atoms with Gasteiger partial charge in [0, 0.05) is 41.3 Å². The Bertz CT molecular complexity index is 1780. The molecule has 11 heteroatoms. The molecule has 11 nitrogen and oxygen atoms in total. The monoisotopic (exact) mass is 610 g/mol. The molecular formula is C34H34N4O7. The minimum atomic E-state index is -1.82. The number of hydrogen-bond acceptors (Lipinski definition) is 8. The van der Waals surface area contributed by atoms with Gasteiger partial charge in [-0.2, -0.15) is 4.98 Å². The fraction of sp³-hybridized carbons (Fsp3) is 0.324. The highest BCUT2D eigenvalue weighted by Crippen LogP contribution is 2.49. The highest BCUT2D eigenvalue weighted by Gasteiger charge is 2.44. The van der Waals surface area contributed by atoms with Gasteiger partial charge in [0.05, 0.1) is 6.61 Å². The Morgan fingerprint density at radius 2 is 1.58 bits per heavy atom. The summed E-state index contributed by atoms with van der Waals surface area (Å²) >= 11 is 0. The number of hydrogen-bond donors (Lipinski definition) is 2. The third-order valence-electron chi connectivity index (χ3n) is 8.98. The van der Waals surface area contributed by atoms with Crippen LogP contribution in [0.1, 0.15) is 45.8 Å². The number of aryl methyl sites for hydroxylation is 2. The molecule has 7 rings (SSSR count). The standard InChI is InChI=1S/C32H32N4O3.C2H2O4/c1-20-16-25(30-33-21(2)39-34-30)8-9-26(20)22-4-6-23(7-5-22)31(37)36-13-10-24-17-29-27(18-28(24)36)32(19-38-29)11-14-35(3)15-12-32;3-1(4)2(5)6/h4-9,16-18H,10-15,19H2,1-3H3;(H,3,4)(H,5,6). The minimum absolute atomic E-state index is 0.0520. The largest absolute Gasteiger partial charge is 0.492 e. The molecule has 3 aromatic carbocycles. The average Bonchev–Trinajstić information content (AvgIpc) is 3.75. The fourth-order valence-corrected chi connectivity index (χ4v) is 6.40. The zero-order valence-electron chi connectivity index (χ0n) is 25.4. The van der Waals surface area contributed by atoms with Crippen LogP contribution in [-0.2, 0) is 21.4 Å². The average molecular weight is 611 g/mol. The van der Waals surface area contributed by atoms with Gasteiger partial charge in [0.15, 0.2) is 0 Å². The van der Waals surface area contributed by atoms with Crippen molar-refractivity contribution in [1.29, 1.82) is 0 Å². The van der Waals surface area contributed by atoms with Gasteiger partial charge < -0.3 is 29.3 Å². The summed E-state index contributed by atoms with van der Waals surface area (Å²) in [5, 5.41) is 18.8. The van der Waals surface area contributed by atoms with Crippen LogP contribution >= 0.6 is 0 Å². The Labute approximate surface area is 260 Å². The number of anilines is 1. The van der Waals surface area contributed by atoms with Crippen LogP contribution in [0.25, 0.3) is 22.5 Å². The lowest BCUT2D eigenvalue weighted by Gasteiger charge is -2.37. The van der Waals surface area contributed by atoms with E-state index in [1.807, 2.05) is 35.2 Å². The molecule has 1 fully saturated rings. The summed E-state index contributed by atoms with van der Waals surface area (Å²) < 4.78 is 11.3. The molecule has 0 atom stereocenters. The third-order valence-corrected chi connectivity index (χ3v) is 8.98. The maximum atomic E-state index is 13.7. The van der Waals surface area contributed by atoms with Crippen LogP contribution in [-0.4, -0.2) is 76.4 Å². The molecule has 3 aliphatic heterocycles. The first-order valence-electron chi connectivity index (χ1n) is 14.8. The van der Waals surface area contributed by atoms with Gasteiger partial charge in [0.1, 0.15) is 5.75 Å². The second kappa shape index (κ2) is 11.8. The number of aliphatic carboxylic acids is 2. The Hall–Kier alpha value is -5.03. The van der Waals surface area contributed by atoms with Crippen LogP contribution in [0.4, 0.5) is 5.69 Å². The minimum Gasteiger partial charge on any atom is -0.492 e. The molecule has 1 aromatic heterocycles. The summed E-state index contributed by atoms with van der Waals surface area (Å²) in [5.41, 5.74) is 8.54. The molecule has 0 unspecified atom stereocenters. The topological polar surface area (TPSA) is 146 Å². The number of nitrogens with zero attached hydrogens (tertiary/aromatic N) is 4. The van der Waals surface area contributed by atoms with Gasteiger partial charge in [0.25, 0.3) is 5.91 Å². The molecule has 1 saturated heterocycles. The molecule has 4 heterocycles. The van der Waals surface area contributed by atoms with Gasteiger partial charge in [-0.05, 0) is 98.9 Å². The highest BCUT2D eigenvalue weighted by molar-refractivity contribution is 6.27. The van der Waals surface area contributed by atoms with Crippen molar-refractivity contribution in [3.8, 4) is 28.3 Å². The second-order valence-electron chi connectivity index (χ2n) is 11.9. The SMILES string of the molecule is Cc1nc(-c2ccc(-c3ccc(C(=O)N4CCc5cc6c(cc54)C4(CCN(C)CC4)CO6)cc3)c(C)c2)no1.O=C(O)C(=O)O. The van der Waals surface area contributed by atoms with Crippen LogP contribution in [0.5, 0.6) is 5.75 Å². The van der Waals surface area contributed by atoms with E-state index in [-0.39, 0.29) is 11.3 Å². The molecule has 0 saturated carbocycles. The number of carboxylic acids is 2. The van der Waals surface area contributed by atoms with E-state index in [9.17, 15) is 4.79 Å². The van der Waals surface area contributed by atoms with E-state index >= 15 is 0 Å². The normalized spacial score (nSPS) is 16.4. The molecule has 1 spiro atoms. The van der Waals surface area contributed by atoms with E-state index in [1.54, 1.807) is 6.92 Å². The number of fused-ring (bicyclic) bond motifs is 3. The first kappa shape index (κ1) is 30.0. The predicted molar refractivity (Wildman–Crippen MR) is 166 cm³/mol. The van der Waals surface area contributed by atoms with Crippen molar-refractivity contribution in [3.05, 3.63) is 82.7 Å². The Morgan fingerprint density at radius 3 is 2.20 bits per heavy atom. The number of likely N-dealkylation sites (tertiary alicyclic amines) is 1. The lowest BCUT2D eigenvalue weighted by atomic mass is 9.74. The van der Waals surface area contributed by atoms with E-state index in [0.29, 0.717) is 23.8 Å². The zero-order chi connectivity index (χ0) is 31.9. The molecule has 0 aliphatic carbocycles. The molecule has 0 bridgehead atoms. The van der Waals surface area contributed by atoms with Crippen LogP contribution < -0.4 is 9.64 Å². The molecule has 45 heavy (non-hydrogen) atoms. The number of carboxylic acid groups (broad SMARTS) is 2. The summed E-state index contributed by atoms with van der Waals surface area (Å²) in [6.07, 6.45) is 3.05. The van der Waals surface area contributed by atoms with Crippen LogP contribution in [0.3, 0.4) is 0 Å². The van der Waals surface area contributed by atoms with Crippen molar-refractivity contribution < 1.29 is 33.9 Å². The Kier molecular flexibility index (Phi) is 7.88. The zero-order valence-corrected chi connectivity index (χ0v) is 25.4. The van der Waals surface area contributed by atoms with Crippen molar-refractivity contribution in [2.75, 3.05) is 38.2 Å². The molecule has 3 aliphatic rings. The predicted octanol–water partition coefficient (Wildman–Crippen LogP) is 4.73. The smallest absolute Gasteiger partial charge is 0.414 e. The summed E-state index contributed by atoms with van der Waals surface area (Å²) in [6.45, 7) is 7.47. The van der Waals surface area contributed by atoms with E-state index in [0.717, 1.165) is 72.6 Å². The Balaban J connectivity index is 0.000000545. The van der Waals surface area contributed by atoms with Crippen molar-refractivity contribution in [1.82, 2.24) is 15.0 Å². The second-order valence-corrected chi connectivity index (χ2v) is 11.9. The number of carbonyl (C=O) groups is 3. The number of rotatable bonds is 3. The van der Waals surface area contributed by atoms with E-state index in [1.165, 1.54) is 11.1 Å². The van der Waals surface area contributed by atoms with Gasteiger partial charge in [-0.1, -0.05) is 29.4 Å². The van der Waals surface area contributed by atoms with E-state index in [4.69, 9.17) is 29.1 Å². The number of benzene rings is 3. The van der Waals surface area contributed by atoms with Gasteiger partial charge in [-0.3, -0.25) is 4.79 Å². The van der Waals surface area contributed by atoms with Crippen LogP contribution in [0, 0.1) is 13.8 Å². The quantitative estimate of drug-likeness (QED) is 0.312. The molecule has 2 N–H and O–H groups in total. The summed E-state index contributed by atoms with van der Waals surface area (Å²) in [4.78, 5) is 40.6. The van der Waals surface area contributed by atoms with Gasteiger partial charge in [0.2, 0.25) is 11.7 Å². The lowest BCUT2D eigenvalue weighted by molar-refractivity contribution is -0.159. The Morgan fingerprint density at radius 1 is 0.889 bits per heavy atom. The van der Waals surface area contributed by atoms with Crippen LogP contribution in [0.2, 0.25) is 0 Å². The van der Waals surface area contributed by atoms with Crippen molar-refractivity contribution in [2.45, 2.75) is 38.5 Å². The maximum absolute atomic E-state index is 13.7. The number of amides is 1. The van der Waals surface area contributed by atoms with Crippen molar-refractivity contribution >= 4 is 23.5 Å². The van der Waals surface area contributed by atoms with Crippen molar-refractivity contribution in [3.63, 3.8) is 0 Å². The molecule has 4 aromatic rings. The molecule has 232 valence electrons. The van der Waals surface area contributed by atoms with Crippen molar-refractivity contribution in [2.24, 2.45) is 0 Å². The van der Waals surface area contributed by atoms with E-state index < -0.39 is 11.9 Å². The summed E-state index contributed by atoms with van der Waals surface area (Å²) in [6, 6.07) is 18.6. The van der Waals surface area contributed by atoms with E-state index in [2.05, 4.69) is 53.3 Å². The number of piperidine rings is 1. The summed E-state index contributed by atoms with van der Waals surface area (Å²) in [5.74, 6) is -1.44. The summed E-state index contributed by atoms with van der Waals surface area (Å²) in [7, 11) is 2.19. The highest BCUT2D eigenvalue weighted by atomic mass is 16.5. The fourth-order valence-electron chi connectivity index (χ4n) is 6.40. The lowest BCUT2D eigenvalue weighted by Crippen LogP contribution is -2.42. The van der Waals surface area contributed by atoms with Gasteiger partial charge in [-0.15, -0.1) is 0 Å². The first-order chi connectivity index (χ1) is 21.5. The molecule has 1 amide bonds. The maximum Gasteiger partial charge on any atom is 0.414 e. The molecular weight excluding hydrogens is 576 g/mol. The third kappa shape index (κ3) is 5.78. The number of aromatic nitrogens is 2. The van der Waals surface area contributed by atoms with Gasteiger partial charge in [-0.25, -0.2) is 9.59 Å². The van der Waals surface area contributed by atoms with Crippen LogP contribution in [0.15, 0.2) is 59.1 Å². The molecule has 0 radical (unpaired) electrons. The first-order valence-corrected chi connectivity index (χ1v) is 14.8. The number of ether oxygens (including phenoxy) is 1. The van der Waals surface area contributed by atoms with Gasteiger partial charge >= 0.3 is 11.9 Å².